The number of rotatable bonds is 11. The predicted octanol–water partition coefficient (Wildman–Crippen LogP) is 5.52. The lowest BCUT2D eigenvalue weighted by Gasteiger charge is -2.34. The number of anilines is 1. The number of carbonyl (C=O) groups is 2. The average molecular weight is 577 g/mol. The van der Waals surface area contributed by atoms with Crippen LogP contribution in [0.25, 0.3) is 0 Å². The van der Waals surface area contributed by atoms with Crippen LogP contribution in [-0.2, 0) is 26.2 Å². The largest absolute Gasteiger partial charge is 0.352 e. The molecule has 0 saturated heterocycles. The number of carbonyl (C=O) groups excluding carboxylic acids is 2. The van der Waals surface area contributed by atoms with Crippen molar-refractivity contribution in [1.29, 1.82) is 0 Å². The molecule has 3 aromatic rings. The van der Waals surface area contributed by atoms with E-state index in [4.69, 9.17) is 23.2 Å². The van der Waals surface area contributed by atoms with E-state index >= 15 is 0 Å². The van der Waals surface area contributed by atoms with Gasteiger partial charge in [0.1, 0.15) is 12.6 Å². The normalized spacial score (nSPS) is 12.2. The number of hydrogen-bond acceptors (Lipinski definition) is 4. The Hall–Kier alpha value is -3.07. The van der Waals surface area contributed by atoms with Crippen LogP contribution in [0.4, 0.5) is 5.69 Å². The highest BCUT2D eigenvalue weighted by Gasteiger charge is 2.34. The van der Waals surface area contributed by atoms with Gasteiger partial charge < -0.3 is 10.2 Å². The third kappa shape index (κ3) is 7.07. The number of hydrogen-bond donors (Lipinski definition) is 1. The molecule has 0 saturated carbocycles. The molecule has 1 N–H and O–H groups in total. The van der Waals surface area contributed by atoms with Crippen LogP contribution < -0.4 is 9.62 Å². The van der Waals surface area contributed by atoms with Crippen molar-refractivity contribution in [3.05, 3.63) is 94.5 Å². The van der Waals surface area contributed by atoms with Gasteiger partial charge in [-0.25, -0.2) is 8.42 Å². The van der Waals surface area contributed by atoms with E-state index in [1.54, 1.807) is 73.7 Å². The average Bonchev–Trinajstić information content (AvgIpc) is 2.89. The first-order chi connectivity index (χ1) is 18.1. The Morgan fingerprint density at radius 2 is 1.42 bits per heavy atom. The first kappa shape index (κ1) is 29.5. The minimum absolute atomic E-state index is 0.0435. The van der Waals surface area contributed by atoms with E-state index < -0.39 is 28.5 Å². The van der Waals surface area contributed by atoms with Gasteiger partial charge in [0.25, 0.3) is 10.0 Å². The Morgan fingerprint density at radius 3 is 1.95 bits per heavy atom. The fourth-order valence-corrected chi connectivity index (χ4v) is 5.95. The molecule has 0 spiro atoms. The van der Waals surface area contributed by atoms with E-state index in [2.05, 4.69) is 5.32 Å². The lowest BCUT2D eigenvalue weighted by molar-refractivity contribution is -0.140. The van der Waals surface area contributed by atoms with Gasteiger partial charge in [-0.1, -0.05) is 72.6 Å². The van der Waals surface area contributed by atoms with E-state index in [9.17, 15) is 18.0 Å². The molecule has 0 heterocycles. The molecule has 0 aliphatic carbocycles. The maximum atomic E-state index is 14.0. The van der Waals surface area contributed by atoms with Crippen LogP contribution in [0.5, 0.6) is 0 Å². The summed E-state index contributed by atoms with van der Waals surface area (Å²) in [6, 6.07) is 20.2. The van der Waals surface area contributed by atoms with Gasteiger partial charge in [0.05, 0.1) is 10.6 Å². The molecular weight excluding hydrogens is 545 g/mol. The monoisotopic (exact) mass is 575 g/mol. The number of sulfonamides is 1. The highest BCUT2D eigenvalue weighted by atomic mass is 35.5. The molecule has 202 valence electrons. The van der Waals surface area contributed by atoms with E-state index in [-0.39, 0.29) is 23.4 Å². The van der Waals surface area contributed by atoms with E-state index in [0.717, 1.165) is 4.31 Å². The Bertz CT molecular complexity index is 1330. The van der Waals surface area contributed by atoms with Crippen molar-refractivity contribution in [2.45, 2.75) is 50.7 Å². The maximum Gasteiger partial charge on any atom is 0.264 e. The molecule has 0 fully saturated rings. The zero-order chi connectivity index (χ0) is 27.9. The molecule has 0 bridgehead atoms. The molecule has 0 aliphatic rings. The Morgan fingerprint density at radius 1 is 0.868 bits per heavy atom. The second-order valence-electron chi connectivity index (χ2n) is 8.97. The predicted molar refractivity (Wildman–Crippen MR) is 152 cm³/mol. The van der Waals surface area contributed by atoms with Gasteiger partial charge in [0, 0.05) is 28.2 Å². The van der Waals surface area contributed by atoms with Gasteiger partial charge in [0.15, 0.2) is 0 Å². The van der Waals surface area contributed by atoms with Crippen molar-refractivity contribution in [3.8, 4) is 0 Å². The molecule has 10 heteroatoms. The highest BCUT2D eigenvalue weighted by molar-refractivity contribution is 7.92. The highest BCUT2D eigenvalue weighted by Crippen LogP contribution is 2.28. The van der Waals surface area contributed by atoms with Crippen molar-refractivity contribution < 1.29 is 18.0 Å². The summed E-state index contributed by atoms with van der Waals surface area (Å²) in [6.45, 7) is 4.83. The van der Waals surface area contributed by atoms with Gasteiger partial charge in [-0.05, 0) is 56.7 Å². The summed E-state index contributed by atoms with van der Waals surface area (Å²) in [5.41, 5.74) is 0.789. The summed E-state index contributed by atoms with van der Waals surface area (Å²) in [4.78, 5) is 28.5. The third-order valence-electron chi connectivity index (χ3n) is 5.86. The van der Waals surface area contributed by atoms with Gasteiger partial charge >= 0.3 is 0 Å². The minimum atomic E-state index is -4.11. The zero-order valence-corrected chi connectivity index (χ0v) is 23.8. The number of nitrogens with zero attached hydrogens (tertiary/aromatic N) is 2. The zero-order valence-electron chi connectivity index (χ0n) is 21.5. The molecule has 2 amide bonds. The summed E-state index contributed by atoms with van der Waals surface area (Å²) in [5, 5.41) is 3.53. The molecule has 3 aromatic carbocycles. The number of nitrogens with one attached hydrogen (secondary N) is 1. The van der Waals surface area contributed by atoms with Crippen molar-refractivity contribution in [2.75, 3.05) is 10.8 Å². The molecule has 0 aromatic heterocycles. The standard InChI is InChI=1S/C28H31Cl2N3O4S/c1-4-26(28(35)31-20(2)3)32(18-23-24(29)16-11-17-25(23)30)27(34)19-33(21-12-7-5-8-13-21)38(36,37)22-14-9-6-10-15-22/h5-17,20,26H,4,18-19H2,1-3H3,(H,31,35). The van der Waals surface area contributed by atoms with E-state index in [0.29, 0.717) is 27.7 Å². The smallest absolute Gasteiger partial charge is 0.264 e. The van der Waals surface area contributed by atoms with E-state index in [1.807, 2.05) is 13.8 Å². The van der Waals surface area contributed by atoms with Gasteiger partial charge in [-0.2, -0.15) is 0 Å². The summed E-state index contributed by atoms with van der Waals surface area (Å²) >= 11 is 12.8. The fourth-order valence-electron chi connectivity index (χ4n) is 4.00. The van der Waals surface area contributed by atoms with Crippen molar-refractivity contribution in [3.63, 3.8) is 0 Å². The summed E-state index contributed by atoms with van der Waals surface area (Å²) in [6.07, 6.45) is 0.295. The van der Waals surface area contributed by atoms with Crippen LogP contribution in [0.3, 0.4) is 0 Å². The van der Waals surface area contributed by atoms with E-state index in [1.165, 1.54) is 17.0 Å². The molecule has 7 nitrogen and oxygen atoms in total. The van der Waals surface area contributed by atoms with Crippen molar-refractivity contribution >= 4 is 50.7 Å². The van der Waals surface area contributed by atoms with Crippen LogP contribution in [0.15, 0.2) is 83.8 Å². The van der Waals surface area contributed by atoms with Crippen molar-refractivity contribution in [1.82, 2.24) is 10.2 Å². The van der Waals surface area contributed by atoms with Crippen LogP contribution in [0.2, 0.25) is 10.0 Å². The Kier molecular flexibility index (Phi) is 10.2. The Labute approximate surface area is 234 Å². The number of para-hydroxylation sites is 1. The van der Waals surface area contributed by atoms with Crippen LogP contribution in [-0.4, -0.2) is 43.8 Å². The fraction of sp³-hybridized carbons (Fsp3) is 0.286. The van der Waals surface area contributed by atoms with Crippen LogP contribution in [0.1, 0.15) is 32.8 Å². The third-order valence-corrected chi connectivity index (χ3v) is 8.36. The summed E-state index contributed by atoms with van der Waals surface area (Å²) in [5.74, 6) is -0.925. The number of benzene rings is 3. The molecule has 0 radical (unpaired) electrons. The molecule has 0 aliphatic heterocycles. The second kappa shape index (κ2) is 13.1. The first-order valence-electron chi connectivity index (χ1n) is 12.2. The lowest BCUT2D eigenvalue weighted by atomic mass is 10.1. The Balaban J connectivity index is 2.07. The van der Waals surface area contributed by atoms with Gasteiger partial charge in [-0.15, -0.1) is 0 Å². The topological polar surface area (TPSA) is 86.8 Å². The minimum Gasteiger partial charge on any atom is -0.352 e. The number of amides is 2. The van der Waals surface area contributed by atoms with Crippen molar-refractivity contribution in [2.24, 2.45) is 0 Å². The quantitative estimate of drug-likeness (QED) is 0.326. The lowest BCUT2D eigenvalue weighted by Crippen LogP contribution is -2.53. The van der Waals surface area contributed by atoms with Gasteiger partial charge in [-0.3, -0.25) is 13.9 Å². The molecular formula is C28H31Cl2N3O4S. The number of halogens is 2. The second-order valence-corrected chi connectivity index (χ2v) is 11.6. The molecule has 1 atom stereocenters. The molecule has 38 heavy (non-hydrogen) atoms. The first-order valence-corrected chi connectivity index (χ1v) is 14.4. The summed E-state index contributed by atoms with van der Waals surface area (Å²) in [7, 11) is -4.11. The maximum absolute atomic E-state index is 14.0. The van der Waals surface area contributed by atoms with Crippen LogP contribution >= 0.6 is 23.2 Å². The SMILES string of the molecule is CCC(C(=O)NC(C)C)N(Cc1c(Cl)cccc1Cl)C(=O)CN(c1ccccc1)S(=O)(=O)c1ccccc1. The van der Waals surface area contributed by atoms with Crippen LogP contribution in [0, 0.1) is 0 Å². The van der Waals surface area contributed by atoms with Gasteiger partial charge in [0.2, 0.25) is 11.8 Å². The molecule has 3 rings (SSSR count). The molecule has 1 unspecified atom stereocenters. The summed E-state index contributed by atoms with van der Waals surface area (Å²) < 4.78 is 28.5.